The number of carbonyl (C=O) groups excluding carboxylic acids is 1. The second-order valence-electron chi connectivity index (χ2n) is 3.90. The van der Waals surface area contributed by atoms with Gasteiger partial charge in [-0.15, -0.1) is 11.3 Å². The molecule has 0 spiro atoms. The van der Waals surface area contributed by atoms with Crippen LogP contribution in [0.5, 0.6) is 0 Å². The third-order valence-electron chi connectivity index (χ3n) is 2.38. The molecule has 2 aromatic heterocycles. The van der Waals surface area contributed by atoms with Crippen LogP contribution in [0.3, 0.4) is 0 Å². The quantitative estimate of drug-likeness (QED) is 0.830. The van der Waals surface area contributed by atoms with Crippen LogP contribution in [0, 0.1) is 18.8 Å². The zero-order valence-corrected chi connectivity index (χ0v) is 11.7. The van der Waals surface area contributed by atoms with E-state index in [4.69, 9.17) is 5.11 Å². The molecular weight excluding hydrogens is 274 g/mol. The summed E-state index contributed by atoms with van der Waals surface area (Å²) in [7, 11) is 0. The number of aryl methyl sites for hydroxylation is 1. The summed E-state index contributed by atoms with van der Waals surface area (Å²) in [4.78, 5) is 21.5. The maximum atomic E-state index is 11.9. The third-order valence-corrected chi connectivity index (χ3v) is 3.38. The van der Waals surface area contributed by atoms with E-state index in [-0.39, 0.29) is 12.5 Å². The van der Waals surface area contributed by atoms with Gasteiger partial charge in [-0.25, -0.2) is 9.97 Å². The molecule has 20 heavy (non-hydrogen) atoms. The van der Waals surface area contributed by atoms with Crippen LogP contribution in [0.2, 0.25) is 0 Å². The van der Waals surface area contributed by atoms with E-state index in [0.29, 0.717) is 17.2 Å². The summed E-state index contributed by atoms with van der Waals surface area (Å²) in [5.74, 6) is 5.83. The number of aliphatic hydroxyl groups excluding tert-OH is 1. The van der Waals surface area contributed by atoms with Crippen molar-refractivity contribution in [2.24, 2.45) is 0 Å². The summed E-state index contributed by atoms with van der Waals surface area (Å²) >= 11 is 1.29. The predicted octanol–water partition coefficient (Wildman–Crippen LogP) is 1.12. The summed E-state index contributed by atoms with van der Waals surface area (Å²) < 4.78 is 0. The smallest absolute Gasteiger partial charge is 0.261 e. The van der Waals surface area contributed by atoms with Crippen LogP contribution in [0.25, 0.3) is 0 Å². The molecule has 6 heteroatoms. The van der Waals surface area contributed by atoms with Gasteiger partial charge in [-0.1, -0.05) is 11.8 Å². The number of thiophene rings is 1. The largest absolute Gasteiger partial charge is 0.384 e. The van der Waals surface area contributed by atoms with Crippen molar-refractivity contribution in [3.05, 3.63) is 45.7 Å². The third kappa shape index (κ3) is 3.88. The Labute approximate surface area is 120 Å². The molecular formula is C14H13N3O2S. The van der Waals surface area contributed by atoms with Crippen molar-refractivity contribution < 1.29 is 9.90 Å². The van der Waals surface area contributed by atoms with E-state index in [9.17, 15) is 4.79 Å². The number of nitrogens with zero attached hydrogens (tertiary/aromatic N) is 2. The first kappa shape index (κ1) is 14.2. The van der Waals surface area contributed by atoms with Gasteiger partial charge in [0.2, 0.25) is 0 Å². The average molecular weight is 287 g/mol. The maximum absolute atomic E-state index is 11.9. The molecule has 0 unspecified atom stereocenters. The van der Waals surface area contributed by atoms with Gasteiger partial charge in [-0.05, 0) is 25.1 Å². The van der Waals surface area contributed by atoms with E-state index in [1.165, 1.54) is 11.3 Å². The normalized spacial score (nSPS) is 9.70. The number of amides is 1. The lowest BCUT2D eigenvalue weighted by Crippen LogP contribution is -2.22. The van der Waals surface area contributed by atoms with Crippen LogP contribution < -0.4 is 5.32 Å². The van der Waals surface area contributed by atoms with Gasteiger partial charge in [0, 0.05) is 6.20 Å². The Kier molecular flexibility index (Phi) is 4.82. The van der Waals surface area contributed by atoms with Crippen LogP contribution in [0.4, 0.5) is 0 Å². The Balaban J connectivity index is 1.96. The molecule has 0 aliphatic carbocycles. The Morgan fingerprint density at radius 1 is 1.45 bits per heavy atom. The fourth-order valence-corrected chi connectivity index (χ4v) is 2.31. The Morgan fingerprint density at radius 3 is 3.05 bits per heavy atom. The highest BCUT2D eigenvalue weighted by Crippen LogP contribution is 2.15. The number of hydrogen-bond acceptors (Lipinski definition) is 5. The van der Waals surface area contributed by atoms with Crippen molar-refractivity contribution in [2.75, 3.05) is 6.61 Å². The number of rotatable bonds is 3. The van der Waals surface area contributed by atoms with Crippen LogP contribution in [0.1, 0.15) is 26.1 Å². The lowest BCUT2D eigenvalue weighted by Gasteiger charge is -2.03. The van der Waals surface area contributed by atoms with E-state index in [0.717, 1.165) is 10.6 Å². The summed E-state index contributed by atoms with van der Waals surface area (Å²) in [5.41, 5.74) is 0.766. The minimum atomic E-state index is -0.188. The monoisotopic (exact) mass is 287 g/mol. The summed E-state index contributed by atoms with van der Waals surface area (Å²) in [6.07, 6.45) is 1.66. The second-order valence-corrected chi connectivity index (χ2v) is 4.99. The summed E-state index contributed by atoms with van der Waals surface area (Å²) in [5, 5.41) is 11.4. The minimum Gasteiger partial charge on any atom is -0.384 e. The summed E-state index contributed by atoms with van der Waals surface area (Å²) in [6, 6.07) is 5.24. The Bertz CT molecular complexity index is 670. The Hall–Kier alpha value is -2.23. The van der Waals surface area contributed by atoms with Gasteiger partial charge in [0.05, 0.1) is 22.0 Å². The van der Waals surface area contributed by atoms with Gasteiger partial charge in [0.15, 0.2) is 0 Å². The lowest BCUT2D eigenvalue weighted by atomic mass is 10.3. The fourth-order valence-electron chi connectivity index (χ4n) is 1.52. The maximum Gasteiger partial charge on any atom is 0.261 e. The highest BCUT2D eigenvalue weighted by molar-refractivity contribution is 7.14. The summed E-state index contributed by atoms with van der Waals surface area (Å²) in [6.45, 7) is 1.97. The number of carbonyl (C=O) groups is 1. The van der Waals surface area contributed by atoms with E-state index < -0.39 is 0 Å². The van der Waals surface area contributed by atoms with Crippen LogP contribution in [-0.2, 0) is 6.54 Å². The highest BCUT2D eigenvalue weighted by atomic mass is 32.1. The molecule has 0 aromatic carbocycles. The second kappa shape index (κ2) is 6.80. The van der Waals surface area contributed by atoms with Crippen molar-refractivity contribution in [1.29, 1.82) is 0 Å². The molecule has 0 bridgehead atoms. The van der Waals surface area contributed by atoms with E-state index in [1.54, 1.807) is 31.3 Å². The standard InChI is InChI=1S/C14H13N3O2S/c1-10-15-7-6-11(17-10)9-16-14(19)13-5-4-12(20-13)3-2-8-18/h4-7,18H,8-9H2,1H3,(H,16,19). The number of aromatic nitrogens is 2. The molecule has 1 amide bonds. The van der Waals surface area contributed by atoms with E-state index >= 15 is 0 Å². The van der Waals surface area contributed by atoms with E-state index in [2.05, 4.69) is 27.1 Å². The highest BCUT2D eigenvalue weighted by Gasteiger charge is 2.08. The van der Waals surface area contributed by atoms with Crippen LogP contribution in [-0.4, -0.2) is 27.6 Å². The van der Waals surface area contributed by atoms with Gasteiger partial charge in [0.25, 0.3) is 5.91 Å². The topological polar surface area (TPSA) is 75.1 Å². The van der Waals surface area contributed by atoms with Gasteiger partial charge in [-0.2, -0.15) is 0 Å². The number of hydrogen-bond donors (Lipinski definition) is 2. The molecule has 0 aliphatic rings. The van der Waals surface area contributed by atoms with Gasteiger partial charge in [0.1, 0.15) is 12.4 Å². The molecule has 5 nitrogen and oxygen atoms in total. The number of aliphatic hydroxyl groups is 1. The molecule has 0 radical (unpaired) electrons. The molecule has 2 aromatic rings. The number of nitrogens with one attached hydrogen (secondary N) is 1. The molecule has 0 atom stereocenters. The zero-order valence-electron chi connectivity index (χ0n) is 10.9. The van der Waals surface area contributed by atoms with Crippen molar-refractivity contribution in [3.8, 4) is 11.8 Å². The molecule has 102 valence electrons. The van der Waals surface area contributed by atoms with Gasteiger partial charge in [-0.3, -0.25) is 4.79 Å². The Morgan fingerprint density at radius 2 is 2.30 bits per heavy atom. The molecule has 2 N–H and O–H groups in total. The average Bonchev–Trinajstić information content (AvgIpc) is 2.91. The molecule has 0 saturated heterocycles. The minimum absolute atomic E-state index is 0.164. The zero-order chi connectivity index (χ0) is 14.4. The van der Waals surface area contributed by atoms with Crippen molar-refractivity contribution >= 4 is 17.2 Å². The van der Waals surface area contributed by atoms with Gasteiger partial charge < -0.3 is 10.4 Å². The van der Waals surface area contributed by atoms with Crippen molar-refractivity contribution in [3.63, 3.8) is 0 Å². The molecule has 2 rings (SSSR count). The van der Waals surface area contributed by atoms with Gasteiger partial charge >= 0.3 is 0 Å². The first-order valence-corrected chi connectivity index (χ1v) is 6.77. The fraction of sp³-hybridized carbons (Fsp3) is 0.214. The molecule has 0 fully saturated rings. The van der Waals surface area contributed by atoms with Crippen LogP contribution in [0.15, 0.2) is 24.4 Å². The molecule has 2 heterocycles. The molecule has 0 saturated carbocycles. The van der Waals surface area contributed by atoms with Crippen molar-refractivity contribution in [2.45, 2.75) is 13.5 Å². The van der Waals surface area contributed by atoms with Crippen LogP contribution >= 0.6 is 11.3 Å². The molecule has 0 aliphatic heterocycles. The lowest BCUT2D eigenvalue weighted by molar-refractivity contribution is 0.0954. The first-order valence-electron chi connectivity index (χ1n) is 5.95. The first-order chi connectivity index (χ1) is 9.69. The SMILES string of the molecule is Cc1nccc(CNC(=O)c2ccc(C#CCO)s2)n1. The predicted molar refractivity (Wildman–Crippen MR) is 76.2 cm³/mol. The van der Waals surface area contributed by atoms with Crippen molar-refractivity contribution in [1.82, 2.24) is 15.3 Å². The van der Waals surface area contributed by atoms with E-state index in [1.807, 2.05) is 0 Å².